The van der Waals surface area contributed by atoms with Gasteiger partial charge in [-0.25, -0.2) is 9.97 Å². The van der Waals surface area contributed by atoms with Gasteiger partial charge in [-0.3, -0.25) is 5.10 Å². The third kappa shape index (κ3) is 2.95. The molecule has 0 spiro atoms. The fraction of sp³-hybridized carbons (Fsp3) is 0.222. The SMILES string of the molecule is CCO.c1cnc(-c2cc[nH]n2)nc1. The lowest BCUT2D eigenvalue weighted by Gasteiger charge is -1.89. The van der Waals surface area contributed by atoms with Crippen molar-refractivity contribution in [1.82, 2.24) is 20.2 Å². The predicted molar refractivity (Wildman–Crippen MR) is 52.4 cm³/mol. The summed E-state index contributed by atoms with van der Waals surface area (Å²) in [5, 5.41) is 14.2. The van der Waals surface area contributed by atoms with Crippen LogP contribution in [-0.4, -0.2) is 31.9 Å². The van der Waals surface area contributed by atoms with E-state index in [1.54, 1.807) is 31.6 Å². The molecule has 0 amide bonds. The van der Waals surface area contributed by atoms with E-state index in [2.05, 4.69) is 20.2 Å². The molecule has 0 saturated carbocycles. The van der Waals surface area contributed by atoms with Crippen LogP contribution >= 0.6 is 0 Å². The van der Waals surface area contributed by atoms with Gasteiger partial charge in [0, 0.05) is 25.2 Å². The molecule has 0 saturated heterocycles. The largest absolute Gasteiger partial charge is 0.397 e. The summed E-state index contributed by atoms with van der Waals surface area (Å²) in [5.74, 6) is 0.647. The predicted octanol–water partition coefficient (Wildman–Crippen LogP) is 0.865. The molecular weight excluding hydrogens is 180 g/mol. The van der Waals surface area contributed by atoms with Gasteiger partial charge in [0.15, 0.2) is 5.82 Å². The Morgan fingerprint density at radius 1 is 1.36 bits per heavy atom. The maximum Gasteiger partial charge on any atom is 0.179 e. The van der Waals surface area contributed by atoms with E-state index in [1.807, 2.05) is 6.07 Å². The van der Waals surface area contributed by atoms with Gasteiger partial charge in [0.2, 0.25) is 0 Å². The maximum absolute atomic E-state index is 7.57. The second-order valence-corrected chi connectivity index (χ2v) is 2.35. The number of rotatable bonds is 1. The van der Waals surface area contributed by atoms with Crippen LogP contribution in [-0.2, 0) is 0 Å². The number of nitrogens with one attached hydrogen (secondary N) is 1. The second kappa shape index (κ2) is 5.82. The van der Waals surface area contributed by atoms with Crippen molar-refractivity contribution in [2.75, 3.05) is 6.61 Å². The Morgan fingerprint density at radius 3 is 2.50 bits per heavy atom. The van der Waals surface area contributed by atoms with Crippen LogP contribution in [0.4, 0.5) is 0 Å². The van der Waals surface area contributed by atoms with Crippen molar-refractivity contribution < 1.29 is 5.11 Å². The van der Waals surface area contributed by atoms with Gasteiger partial charge in [-0.2, -0.15) is 5.10 Å². The van der Waals surface area contributed by atoms with Crippen LogP contribution in [0.1, 0.15) is 6.92 Å². The Labute approximate surface area is 81.9 Å². The molecule has 2 N–H and O–H groups in total. The highest BCUT2D eigenvalue weighted by Crippen LogP contribution is 2.06. The lowest BCUT2D eigenvalue weighted by molar-refractivity contribution is 0.318. The Hall–Kier alpha value is -1.75. The molecule has 0 unspecified atom stereocenters. The standard InChI is InChI=1S/C7H6N4.C2H6O/c1-3-8-7(9-4-1)6-2-5-10-11-6;1-2-3/h1-5H,(H,10,11);3H,2H2,1H3. The lowest BCUT2D eigenvalue weighted by atomic mass is 10.4. The first kappa shape index (κ1) is 10.3. The number of aliphatic hydroxyl groups is 1. The number of aliphatic hydroxyl groups excluding tert-OH is 1. The molecule has 2 rings (SSSR count). The van der Waals surface area contributed by atoms with Gasteiger partial charge in [-0.1, -0.05) is 0 Å². The fourth-order valence-electron chi connectivity index (χ4n) is 0.816. The summed E-state index contributed by atoms with van der Waals surface area (Å²) in [5.41, 5.74) is 0.769. The molecule has 0 fully saturated rings. The molecule has 5 nitrogen and oxygen atoms in total. The third-order valence-electron chi connectivity index (χ3n) is 1.30. The normalized spacial score (nSPS) is 9.00. The van der Waals surface area contributed by atoms with E-state index in [9.17, 15) is 0 Å². The van der Waals surface area contributed by atoms with Crippen LogP contribution in [0.5, 0.6) is 0 Å². The summed E-state index contributed by atoms with van der Waals surface area (Å²) in [6, 6.07) is 3.60. The Kier molecular flexibility index (Phi) is 4.30. The smallest absolute Gasteiger partial charge is 0.179 e. The van der Waals surface area contributed by atoms with E-state index in [1.165, 1.54) is 0 Å². The summed E-state index contributed by atoms with van der Waals surface area (Å²) in [7, 11) is 0. The van der Waals surface area contributed by atoms with Crippen LogP contribution in [0, 0.1) is 0 Å². The van der Waals surface area contributed by atoms with Crippen molar-refractivity contribution in [3.8, 4) is 11.5 Å². The molecule has 0 atom stereocenters. The molecule has 0 aliphatic carbocycles. The zero-order chi connectivity index (χ0) is 10.2. The summed E-state index contributed by atoms with van der Waals surface area (Å²) in [6.45, 7) is 1.93. The number of H-pyrrole nitrogens is 1. The van der Waals surface area contributed by atoms with Crippen LogP contribution in [0.15, 0.2) is 30.7 Å². The number of hydrogen-bond acceptors (Lipinski definition) is 4. The minimum Gasteiger partial charge on any atom is -0.397 e. The number of aromatic amines is 1. The van der Waals surface area contributed by atoms with Gasteiger partial charge in [0.25, 0.3) is 0 Å². The van der Waals surface area contributed by atoms with Gasteiger partial charge < -0.3 is 5.11 Å². The van der Waals surface area contributed by atoms with Crippen molar-refractivity contribution in [3.05, 3.63) is 30.7 Å². The highest BCUT2D eigenvalue weighted by Gasteiger charge is 1.98. The first-order chi connectivity index (χ1) is 6.88. The van der Waals surface area contributed by atoms with Crippen LogP contribution < -0.4 is 0 Å². The zero-order valence-corrected chi connectivity index (χ0v) is 7.88. The molecule has 2 heterocycles. The van der Waals surface area contributed by atoms with Gasteiger partial charge in [-0.15, -0.1) is 0 Å². The third-order valence-corrected chi connectivity index (χ3v) is 1.30. The molecule has 2 aromatic rings. The Bertz CT molecular complexity index is 333. The average Bonchev–Trinajstić information content (AvgIpc) is 2.73. The molecule has 2 aromatic heterocycles. The van der Waals surface area contributed by atoms with Gasteiger partial charge in [0.05, 0.1) is 0 Å². The van der Waals surface area contributed by atoms with Gasteiger partial charge in [0.1, 0.15) is 5.69 Å². The zero-order valence-electron chi connectivity index (χ0n) is 7.88. The van der Waals surface area contributed by atoms with E-state index in [-0.39, 0.29) is 6.61 Å². The van der Waals surface area contributed by atoms with E-state index in [0.29, 0.717) is 5.82 Å². The first-order valence-corrected chi connectivity index (χ1v) is 4.26. The first-order valence-electron chi connectivity index (χ1n) is 4.26. The van der Waals surface area contributed by atoms with Crippen molar-refractivity contribution in [3.63, 3.8) is 0 Å². The average molecular weight is 192 g/mol. The van der Waals surface area contributed by atoms with E-state index >= 15 is 0 Å². The van der Waals surface area contributed by atoms with E-state index in [4.69, 9.17) is 5.11 Å². The Morgan fingerprint density at radius 2 is 2.00 bits per heavy atom. The summed E-state index contributed by atoms with van der Waals surface area (Å²) < 4.78 is 0. The van der Waals surface area contributed by atoms with Crippen molar-refractivity contribution >= 4 is 0 Å². The topological polar surface area (TPSA) is 74.7 Å². The summed E-state index contributed by atoms with van der Waals surface area (Å²) >= 11 is 0. The highest BCUT2D eigenvalue weighted by atomic mass is 16.2. The number of hydrogen-bond donors (Lipinski definition) is 2. The van der Waals surface area contributed by atoms with Gasteiger partial charge >= 0.3 is 0 Å². The highest BCUT2D eigenvalue weighted by molar-refractivity contribution is 5.46. The summed E-state index contributed by atoms with van der Waals surface area (Å²) in [4.78, 5) is 8.06. The molecule has 74 valence electrons. The molecule has 5 heteroatoms. The quantitative estimate of drug-likeness (QED) is 0.702. The minimum atomic E-state index is 0.250. The number of nitrogens with zero attached hydrogens (tertiary/aromatic N) is 3. The molecular formula is C9H12N4O. The van der Waals surface area contributed by atoms with Crippen LogP contribution in [0.25, 0.3) is 11.5 Å². The molecule has 0 bridgehead atoms. The molecule has 0 radical (unpaired) electrons. The minimum absolute atomic E-state index is 0.250. The van der Waals surface area contributed by atoms with Crippen molar-refractivity contribution in [2.45, 2.75) is 6.92 Å². The van der Waals surface area contributed by atoms with Crippen LogP contribution in [0.2, 0.25) is 0 Å². The lowest BCUT2D eigenvalue weighted by Crippen LogP contribution is -1.85. The molecule has 0 aromatic carbocycles. The second-order valence-electron chi connectivity index (χ2n) is 2.35. The van der Waals surface area contributed by atoms with E-state index < -0.39 is 0 Å². The fourth-order valence-corrected chi connectivity index (χ4v) is 0.816. The van der Waals surface area contributed by atoms with Gasteiger partial charge in [-0.05, 0) is 19.1 Å². The molecule has 0 aliphatic heterocycles. The maximum atomic E-state index is 7.57. The van der Waals surface area contributed by atoms with E-state index in [0.717, 1.165) is 5.69 Å². The summed E-state index contributed by atoms with van der Waals surface area (Å²) in [6.07, 6.45) is 5.12. The Balaban J connectivity index is 0.000000293. The molecule has 0 aliphatic rings. The van der Waals surface area contributed by atoms with Crippen molar-refractivity contribution in [2.24, 2.45) is 0 Å². The van der Waals surface area contributed by atoms with Crippen LogP contribution in [0.3, 0.4) is 0 Å². The monoisotopic (exact) mass is 192 g/mol. The van der Waals surface area contributed by atoms with Crippen molar-refractivity contribution in [1.29, 1.82) is 0 Å². The number of aromatic nitrogens is 4. The molecule has 14 heavy (non-hydrogen) atoms.